The smallest absolute Gasteiger partial charge is 0.377 e. The van der Waals surface area contributed by atoms with Gasteiger partial charge in [0, 0.05) is 6.04 Å². The summed E-state index contributed by atoms with van der Waals surface area (Å²) < 4.78 is 25.2. The van der Waals surface area contributed by atoms with E-state index in [0.717, 1.165) is 0 Å². The molecule has 13 heavy (non-hydrogen) atoms. The van der Waals surface area contributed by atoms with Crippen molar-refractivity contribution in [1.29, 1.82) is 0 Å². The van der Waals surface area contributed by atoms with Gasteiger partial charge in [-0.3, -0.25) is 0 Å². The minimum Gasteiger partial charge on any atom is -0.477 e. The largest absolute Gasteiger partial charge is 0.477 e. The number of halogens is 2. The van der Waals surface area contributed by atoms with Crippen molar-refractivity contribution in [1.82, 2.24) is 0 Å². The first-order chi connectivity index (χ1) is 5.71. The van der Waals surface area contributed by atoms with Crippen LogP contribution in [0.2, 0.25) is 0 Å². The van der Waals surface area contributed by atoms with E-state index in [1.165, 1.54) is 13.8 Å². The van der Waals surface area contributed by atoms with Crippen LogP contribution in [0.15, 0.2) is 0 Å². The Bertz CT molecular complexity index is 196. The van der Waals surface area contributed by atoms with Crippen molar-refractivity contribution < 1.29 is 23.8 Å². The zero-order valence-corrected chi connectivity index (χ0v) is 7.37. The van der Waals surface area contributed by atoms with E-state index in [2.05, 4.69) is 0 Å². The van der Waals surface area contributed by atoms with Gasteiger partial charge in [0.05, 0.1) is 0 Å². The number of rotatable bonds is 4. The van der Waals surface area contributed by atoms with Crippen molar-refractivity contribution in [3.05, 3.63) is 0 Å². The molecule has 4 nitrogen and oxygen atoms in total. The summed E-state index contributed by atoms with van der Waals surface area (Å²) in [7, 11) is 0. The van der Waals surface area contributed by atoms with Gasteiger partial charge < -0.3 is 15.9 Å². The normalized spacial score (nSPS) is 17.2. The quantitative estimate of drug-likeness (QED) is 0.594. The number of carboxylic acids is 1. The fourth-order valence-electron chi connectivity index (χ4n) is 0.733. The molecule has 0 saturated heterocycles. The van der Waals surface area contributed by atoms with Crippen LogP contribution in [0, 0.1) is 5.92 Å². The van der Waals surface area contributed by atoms with Crippen molar-refractivity contribution in [3.63, 3.8) is 0 Å². The van der Waals surface area contributed by atoms with Crippen LogP contribution in [0.5, 0.6) is 0 Å². The van der Waals surface area contributed by atoms with Gasteiger partial charge in [0.15, 0.2) is 0 Å². The summed E-state index contributed by atoms with van der Waals surface area (Å²) >= 11 is 0. The summed E-state index contributed by atoms with van der Waals surface area (Å²) in [6.45, 7) is 3.04. The summed E-state index contributed by atoms with van der Waals surface area (Å²) in [6.07, 6.45) is -2.36. The molecule has 0 aromatic rings. The second kappa shape index (κ2) is 3.97. The maximum atomic E-state index is 12.6. The Labute approximate surface area is 74.3 Å². The van der Waals surface area contributed by atoms with Crippen LogP contribution in [0.25, 0.3) is 0 Å². The highest BCUT2D eigenvalue weighted by molar-refractivity contribution is 5.76. The lowest BCUT2D eigenvalue weighted by atomic mass is 9.95. The van der Waals surface area contributed by atoms with E-state index in [-0.39, 0.29) is 0 Å². The first kappa shape index (κ1) is 12.2. The van der Waals surface area contributed by atoms with E-state index in [1.807, 2.05) is 0 Å². The lowest BCUT2D eigenvalue weighted by Gasteiger charge is -2.26. The Morgan fingerprint density at radius 3 is 2.08 bits per heavy atom. The van der Waals surface area contributed by atoms with Crippen LogP contribution in [-0.2, 0) is 4.79 Å². The molecule has 0 rings (SSSR count). The van der Waals surface area contributed by atoms with Crippen molar-refractivity contribution >= 4 is 5.97 Å². The molecular formula is C7H13F2NO3. The van der Waals surface area contributed by atoms with Crippen LogP contribution in [0.3, 0.4) is 0 Å². The zero-order chi connectivity index (χ0) is 10.8. The van der Waals surface area contributed by atoms with Crippen molar-refractivity contribution in [2.45, 2.75) is 31.9 Å². The van der Waals surface area contributed by atoms with E-state index in [9.17, 15) is 13.6 Å². The SMILES string of the molecule is CC(C)[C@H](N)C(O)C(F)(F)C(=O)O. The Morgan fingerprint density at radius 2 is 1.85 bits per heavy atom. The monoisotopic (exact) mass is 197 g/mol. The highest BCUT2D eigenvalue weighted by Gasteiger charge is 2.50. The molecule has 0 spiro atoms. The zero-order valence-electron chi connectivity index (χ0n) is 7.37. The molecule has 0 amide bonds. The van der Waals surface area contributed by atoms with Crippen LogP contribution < -0.4 is 5.73 Å². The van der Waals surface area contributed by atoms with Gasteiger partial charge in [-0.25, -0.2) is 4.79 Å². The number of nitrogens with two attached hydrogens (primary N) is 1. The Balaban J connectivity index is 4.58. The van der Waals surface area contributed by atoms with Gasteiger partial charge in [0.2, 0.25) is 0 Å². The predicted molar refractivity (Wildman–Crippen MR) is 41.4 cm³/mol. The van der Waals surface area contributed by atoms with Gasteiger partial charge in [0.25, 0.3) is 0 Å². The molecular weight excluding hydrogens is 184 g/mol. The number of aliphatic carboxylic acids is 1. The third-order valence-corrected chi connectivity index (χ3v) is 1.79. The molecule has 0 fully saturated rings. The lowest BCUT2D eigenvalue weighted by Crippen LogP contribution is -2.53. The average Bonchev–Trinajstić information content (AvgIpc) is 2.01. The number of aliphatic hydroxyl groups excluding tert-OH is 1. The fraction of sp³-hybridized carbons (Fsp3) is 0.857. The highest BCUT2D eigenvalue weighted by atomic mass is 19.3. The molecule has 0 bridgehead atoms. The third kappa shape index (κ3) is 2.60. The second-order valence-corrected chi connectivity index (χ2v) is 3.19. The average molecular weight is 197 g/mol. The Hall–Kier alpha value is -0.750. The van der Waals surface area contributed by atoms with Crippen molar-refractivity contribution in [2.75, 3.05) is 0 Å². The molecule has 78 valence electrons. The van der Waals surface area contributed by atoms with Gasteiger partial charge in [0.1, 0.15) is 6.10 Å². The molecule has 0 aliphatic carbocycles. The molecule has 2 atom stereocenters. The van der Waals surface area contributed by atoms with E-state index in [4.69, 9.17) is 15.9 Å². The minimum atomic E-state index is -4.19. The molecule has 0 aromatic carbocycles. The molecule has 1 unspecified atom stereocenters. The van der Waals surface area contributed by atoms with Crippen LogP contribution in [0.4, 0.5) is 8.78 Å². The minimum absolute atomic E-state index is 0.416. The van der Waals surface area contributed by atoms with Gasteiger partial charge >= 0.3 is 11.9 Å². The summed E-state index contributed by atoms with van der Waals surface area (Å²) in [5.41, 5.74) is 5.19. The third-order valence-electron chi connectivity index (χ3n) is 1.79. The van der Waals surface area contributed by atoms with E-state index in [0.29, 0.717) is 0 Å². The van der Waals surface area contributed by atoms with Crippen molar-refractivity contribution in [2.24, 2.45) is 11.7 Å². The van der Waals surface area contributed by atoms with E-state index in [1.54, 1.807) is 0 Å². The summed E-state index contributed by atoms with van der Waals surface area (Å²) in [5, 5.41) is 17.0. The van der Waals surface area contributed by atoms with Gasteiger partial charge in [-0.15, -0.1) is 0 Å². The molecule has 0 aliphatic heterocycles. The molecule has 0 heterocycles. The maximum absolute atomic E-state index is 12.6. The second-order valence-electron chi connectivity index (χ2n) is 3.19. The summed E-state index contributed by atoms with van der Waals surface area (Å²) in [4.78, 5) is 10.0. The Kier molecular flexibility index (Phi) is 3.74. The highest BCUT2D eigenvalue weighted by Crippen LogP contribution is 2.23. The number of alkyl halides is 2. The summed E-state index contributed by atoms with van der Waals surface area (Å²) in [5.74, 6) is -6.97. The first-order valence-electron chi connectivity index (χ1n) is 3.76. The van der Waals surface area contributed by atoms with Crippen LogP contribution in [0.1, 0.15) is 13.8 Å². The molecule has 0 saturated carbocycles. The van der Waals surface area contributed by atoms with E-state index >= 15 is 0 Å². The maximum Gasteiger partial charge on any atom is 0.377 e. The standard InChI is InChI=1S/C7H13F2NO3/c1-3(2)4(10)5(11)7(8,9)6(12)13/h3-5,11H,10H2,1-2H3,(H,12,13)/t4-,5?/m0/s1. The number of carboxylic acid groups (broad SMARTS) is 1. The van der Waals surface area contributed by atoms with Crippen molar-refractivity contribution in [3.8, 4) is 0 Å². The molecule has 0 radical (unpaired) electrons. The van der Waals surface area contributed by atoms with E-state index < -0.39 is 30.0 Å². The molecule has 0 aromatic heterocycles. The van der Waals surface area contributed by atoms with Crippen LogP contribution in [-0.4, -0.2) is 34.3 Å². The number of hydrogen-bond acceptors (Lipinski definition) is 3. The summed E-state index contributed by atoms with van der Waals surface area (Å²) in [6, 6.07) is -1.26. The van der Waals surface area contributed by atoms with Crippen LogP contribution >= 0.6 is 0 Å². The number of aliphatic hydroxyl groups is 1. The van der Waals surface area contributed by atoms with Gasteiger partial charge in [-0.2, -0.15) is 8.78 Å². The molecule has 0 aliphatic rings. The first-order valence-corrected chi connectivity index (χ1v) is 3.76. The Morgan fingerprint density at radius 1 is 1.46 bits per heavy atom. The molecule has 6 heteroatoms. The van der Waals surface area contributed by atoms with Gasteiger partial charge in [-0.1, -0.05) is 13.8 Å². The predicted octanol–water partition coefficient (Wildman–Crippen LogP) is 0.0505. The topological polar surface area (TPSA) is 83.5 Å². The van der Waals surface area contributed by atoms with Gasteiger partial charge in [-0.05, 0) is 5.92 Å². The number of carbonyl (C=O) groups is 1. The fourth-order valence-corrected chi connectivity index (χ4v) is 0.733. The molecule has 4 N–H and O–H groups in total. The lowest BCUT2D eigenvalue weighted by molar-refractivity contribution is -0.185. The number of hydrogen-bond donors (Lipinski definition) is 3.